The molecule has 0 aliphatic heterocycles. The van der Waals surface area contributed by atoms with E-state index in [4.69, 9.17) is 9.84 Å². The minimum Gasteiger partial charge on any atom is -0.478 e. The first kappa shape index (κ1) is 14.1. The summed E-state index contributed by atoms with van der Waals surface area (Å²) in [5.74, 6) is -0.0152. The zero-order valence-corrected chi connectivity index (χ0v) is 11.6. The van der Waals surface area contributed by atoms with Gasteiger partial charge in [-0.3, -0.25) is 0 Å². The van der Waals surface area contributed by atoms with Crippen LogP contribution in [0.2, 0.25) is 0 Å². The summed E-state index contributed by atoms with van der Waals surface area (Å²) in [5, 5.41) is 9.08. The number of aromatic nitrogens is 1. The number of carboxylic acids is 1. The number of carbonyl (C=O) groups is 1. The molecule has 20 heavy (non-hydrogen) atoms. The lowest BCUT2D eigenvalue weighted by Crippen LogP contribution is -2.01. The summed E-state index contributed by atoms with van der Waals surface area (Å²) in [4.78, 5) is 15.4. The molecule has 1 aromatic heterocycles. The molecule has 0 saturated heterocycles. The fourth-order valence-electron chi connectivity index (χ4n) is 1.83. The van der Waals surface area contributed by atoms with Crippen molar-refractivity contribution in [2.45, 2.75) is 26.7 Å². The second-order valence-corrected chi connectivity index (χ2v) is 4.44. The van der Waals surface area contributed by atoms with Gasteiger partial charge in [0.05, 0.1) is 5.56 Å². The van der Waals surface area contributed by atoms with Gasteiger partial charge < -0.3 is 9.84 Å². The Labute approximate surface area is 118 Å². The van der Waals surface area contributed by atoms with E-state index in [1.165, 1.54) is 11.6 Å². The molecule has 1 N–H and O–H groups in total. The van der Waals surface area contributed by atoms with Crippen molar-refractivity contribution < 1.29 is 14.6 Å². The summed E-state index contributed by atoms with van der Waals surface area (Å²) in [6.07, 6.45) is 1.62. The van der Waals surface area contributed by atoms with Gasteiger partial charge in [-0.05, 0) is 36.6 Å². The van der Waals surface area contributed by atoms with Crippen LogP contribution in [0.5, 0.6) is 11.6 Å². The van der Waals surface area contributed by atoms with Gasteiger partial charge >= 0.3 is 5.97 Å². The van der Waals surface area contributed by atoms with Crippen LogP contribution in [0.1, 0.15) is 35.5 Å². The largest absolute Gasteiger partial charge is 0.478 e. The van der Waals surface area contributed by atoms with Crippen LogP contribution in [-0.2, 0) is 12.8 Å². The molecule has 0 saturated carbocycles. The number of hydrogen-bond acceptors (Lipinski definition) is 3. The second-order valence-electron chi connectivity index (χ2n) is 4.44. The molecular formula is C16H17NO3. The van der Waals surface area contributed by atoms with E-state index in [1.54, 1.807) is 6.07 Å². The molecular weight excluding hydrogens is 254 g/mol. The van der Waals surface area contributed by atoms with Crippen molar-refractivity contribution in [1.82, 2.24) is 4.98 Å². The molecule has 0 aliphatic carbocycles. The number of hydrogen-bond donors (Lipinski definition) is 1. The molecule has 0 amide bonds. The van der Waals surface area contributed by atoms with Gasteiger partial charge in [0.25, 0.3) is 0 Å². The van der Waals surface area contributed by atoms with Crippen molar-refractivity contribution in [3.05, 3.63) is 53.2 Å². The second kappa shape index (κ2) is 6.19. The van der Waals surface area contributed by atoms with Gasteiger partial charge in [0.15, 0.2) is 0 Å². The maximum Gasteiger partial charge on any atom is 0.335 e. The van der Waals surface area contributed by atoms with Crippen molar-refractivity contribution in [2.24, 2.45) is 0 Å². The van der Waals surface area contributed by atoms with Gasteiger partial charge in [-0.25, -0.2) is 9.78 Å². The van der Waals surface area contributed by atoms with E-state index < -0.39 is 5.97 Å². The van der Waals surface area contributed by atoms with E-state index in [-0.39, 0.29) is 5.56 Å². The van der Waals surface area contributed by atoms with Crippen molar-refractivity contribution >= 4 is 5.97 Å². The first-order chi connectivity index (χ1) is 9.62. The Balaban J connectivity index is 2.27. The van der Waals surface area contributed by atoms with Crippen LogP contribution >= 0.6 is 0 Å². The van der Waals surface area contributed by atoms with E-state index in [0.717, 1.165) is 6.42 Å². The third kappa shape index (κ3) is 3.35. The van der Waals surface area contributed by atoms with Gasteiger partial charge in [-0.1, -0.05) is 26.0 Å². The Morgan fingerprint density at radius 1 is 1.15 bits per heavy atom. The summed E-state index contributed by atoms with van der Waals surface area (Å²) < 4.78 is 5.64. The lowest BCUT2D eigenvalue weighted by molar-refractivity contribution is 0.0696. The average molecular weight is 271 g/mol. The van der Waals surface area contributed by atoms with Crippen LogP contribution in [0, 0.1) is 0 Å². The van der Waals surface area contributed by atoms with E-state index in [9.17, 15) is 4.79 Å². The number of rotatable bonds is 5. The Bertz CT molecular complexity index is 606. The zero-order chi connectivity index (χ0) is 14.5. The number of nitrogens with zero attached hydrogens (tertiary/aromatic N) is 1. The van der Waals surface area contributed by atoms with Crippen molar-refractivity contribution in [1.29, 1.82) is 0 Å². The highest BCUT2D eigenvalue weighted by molar-refractivity contribution is 5.88. The molecule has 104 valence electrons. The number of carboxylic acid groups (broad SMARTS) is 1. The highest BCUT2D eigenvalue weighted by Gasteiger charge is 2.09. The summed E-state index contributed by atoms with van der Waals surface area (Å²) in [6.45, 7) is 4.01. The number of benzene rings is 1. The minimum absolute atomic E-state index is 0.192. The van der Waals surface area contributed by atoms with E-state index in [1.807, 2.05) is 31.2 Å². The van der Waals surface area contributed by atoms with E-state index in [0.29, 0.717) is 23.7 Å². The summed E-state index contributed by atoms with van der Waals surface area (Å²) in [7, 11) is 0. The summed E-state index contributed by atoms with van der Waals surface area (Å²) >= 11 is 0. The highest BCUT2D eigenvalue weighted by Crippen LogP contribution is 2.22. The molecule has 0 unspecified atom stereocenters. The van der Waals surface area contributed by atoms with Crippen LogP contribution in [0.25, 0.3) is 0 Å². The first-order valence-corrected chi connectivity index (χ1v) is 6.63. The normalized spacial score (nSPS) is 10.3. The van der Waals surface area contributed by atoms with E-state index in [2.05, 4.69) is 11.9 Å². The van der Waals surface area contributed by atoms with Crippen LogP contribution in [0.15, 0.2) is 36.4 Å². The van der Waals surface area contributed by atoms with E-state index >= 15 is 0 Å². The van der Waals surface area contributed by atoms with Gasteiger partial charge in [0.2, 0.25) is 5.88 Å². The van der Waals surface area contributed by atoms with Gasteiger partial charge in [-0.15, -0.1) is 0 Å². The monoisotopic (exact) mass is 271 g/mol. The number of pyridine rings is 1. The third-order valence-corrected chi connectivity index (χ3v) is 3.02. The fourth-order valence-corrected chi connectivity index (χ4v) is 1.83. The maximum atomic E-state index is 11.1. The van der Waals surface area contributed by atoms with Crippen LogP contribution in [0.4, 0.5) is 0 Å². The molecule has 2 rings (SSSR count). The SMILES string of the molecule is CCc1ccc(Oc2cc(C(=O)O)cc(CC)n2)cc1. The molecule has 0 aliphatic rings. The van der Waals surface area contributed by atoms with Gasteiger partial charge in [-0.2, -0.15) is 0 Å². The number of ether oxygens (including phenoxy) is 1. The Hall–Kier alpha value is -2.36. The summed E-state index contributed by atoms with van der Waals surface area (Å²) in [5.41, 5.74) is 2.11. The standard InChI is InChI=1S/C16H17NO3/c1-3-11-5-7-14(8-6-11)20-15-10-12(16(18)19)9-13(4-2)17-15/h5-10H,3-4H2,1-2H3,(H,18,19). The fraction of sp³-hybridized carbons (Fsp3) is 0.250. The number of aromatic carboxylic acids is 1. The zero-order valence-electron chi connectivity index (χ0n) is 11.6. The maximum absolute atomic E-state index is 11.1. The smallest absolute Gasteiger partial charge is 0.335 e. The molecule has 4 heteroatoms. The van der Waals surface area contributed by atoms with Crippen molar-refractivity contribution in [3.8, 4) is 11.6 Å². The molecule has 0 bridgehead atoms. The Morgan fingerprint density at radius 3 is 2.40 bits per heavy atom. The molecule has 0 radical (unpaired) electrons. The average Bonchev–Trinajstić information content (AvgIpc) is 2.47. The number of aryl methyl sites for hydroxylation is 2. The van der Waals surface area contributed by atoms with Crippen molar-refractivity contribution in [2.75, 3.05) is 0 Å². The van der Waals surface area contributed by atoms with Crippen LogP contribution < -0.4 is 4.74 Å². The lowest BCUT2D eigenvalue weighted by Gasteiger charge is -2.08. The molecule has 0 spiro atoms. The molecule has 0 fully saturated rings. The van der Waals surface area contributed by atoms with Gasteiger partial charge in [0, 0.05) is 11.8 Å². The predicted octanol–water partition coefficient (Wildman–Crippen LogP) is 3.70. The summed E-state index contributed by atoms with van der Waals surface area (Å²) in [6, 6.07) is 10.7. The predicted molar refractivity (Wildman–Crippen MR) is 76.5 cm³/mol. The van der Waals surface area contributed by atoms with Crippen molar-refractivity contribution in [3.63, 3.8) is 0 Å². The molecule has 1 aromatic carbocycles. The van der Waals surface area contributed by atoms with Crippen LogP contribution in [0.3, 0.4) is 0 Å². The molecule has 1 heterocycles. The molecule has 4 nitrogen and oxygen atoms in total. The topological polar surface area (TPSA) is 59.4 Å². The lowest BCUT2D eigenvalue weighted by atomic mass is 10.2. The molecule has 2 aromatic rings. The quantitative estimate of drug-likeness (QED) is 0.900. The Kier molecular flexibility index (Phi) is 4.35. The minimum atomic E-state index is -0.978. The molecule has 0 atom stereocenters. The first-order valence-electron chi connectivity index (χ1n) is 6.63. The van der Waals surface area contributed by atoms with Crippen LogP contribution in [-0.4, -0.2) is 16.1 Å². The highest BCUT2D eigenvalue weighted by atomic mass is 16.5. The Morgan fingerprint density at radius 2 is 1.85 bits per heavy atom. The third-order valence-electron chi connectivity index (χ3n) is 3.02. The van der Waals surface area contributed by atoms with Gasteiger partial charge in [0.1, 0.15) is 5.75 Å².